The predicted molar refractivity (Wildman–Crippen MR) is 57.7 cm³/mol. The maximum Gasteiger partial charge on any atom is -0.0269 e. The highest BCUT2D eigenvalue weighted by molar-refractivity contribution is 4.99. The molecule has 0 aromatic carbocycles. The molecule has 0 N–H and O–H groups in total. The Morgan fingerprint density at radius 1 is 1.23 bits per heavy atom. The molecule has 2 bridgehead atoms. The lowest BCUT2D eigenvalue weighted by Gasteiger charge is -2.37. The van der Waals surface area contributed by atoms with Crippen molar-refractivity contribution in [1.29, 1.82) is 0 Å². The van der Waals surface area contributed by atoms with Crippen LogP contribution in [-0.4, -0.2) is 0 Å². The third kappa shape index (κ3) is 1.53. The van der Waals surface area contributed by atoms with E-state index in [4.69, 9.17) is 0 Å². The van der Waals surface area contributed by atoms with Gasteiger partial charge in [0.2, 0.25) is 0 Å². The lowest BCUT2D eigenvalue weighted by atomic mass is 9.68. The SMILES string of the molecule is CCCCC1(CC)CC2CCC1C2. The highest BCUT2D eigenvalue weighted by Gasteiger charge is 2.48. The normalized spacial score (nSPS) is 42.9. The zero-order valence-electron chi connectivity index (χ0n) is 9.31. The molecule has 3 atom stereocenters. The molecule has 0 heterocycles. The van der Waals surface area contributed by atoms with Gasteiger partial charge < -0.3 is 0 Å². The molecule has 0 amide bonds. The molecule has 2 aliphatic rings. The summed E-state index contributed by atoms with van der Waals surface area (Å²) in [6.45, 7) is 4.76. The van der Waals surface area contributed by atoms with Gasteiger partial charge in [-0.15, -0.1) is 0 Å². The standard InChI is InChI=1S/C13H24/c1-3-5-8-13(4-2)10-11-6-7-12(13)9-11/h11-12H,3-10H2,1-2H3. The van der Waals surface area contributed by atoms with Crippen molar-refractivity contribution in [3.05, 3.63) is 0 Å². The van der Waals surface area contributed by atoms with E-state index in [2.05, 4.69) is 13.8 Å². The summed E-state index contributed by atoms with van der Waals surface area (Å²) >= 11 is 0. The Labute approximate surface area is 83.1 Å². The summed E-state index contributed by atoms with van der Waals surface area (Å²) in [5.41, 5.74) is 0.804. The fourth-order valence-electron chi connectivity index (χ4n) is 4.00. The van der Waals surface area contributed by atoms with E-state index >= 15 is 0 Å². The maximum atomic E-state index is 2.43. The van der Waals surface area contributed by atoms with Crippen LogP contribution in [0.2, 0.25) is 0 Å². The van der Waals surface area contributed by atoms with Gasteiger partial charge in [-0.05, 0) is 42.9 Å². The number of hydrogen-bond donors (Lipinski definition) is 0. The van der Waals surface area contributed by atoms with Crippen LogP contribution in [0.1, 0.15) is 65.2 Å². The second-order valence-corrected chi connectivity index (χ2v) is 5.40. The number of rotatable bonds is 4. The molecule has 13 heavy (non-hydrogen) atoms. The molecule has 0 heteroatoms. The summed E-state index contributed by atoms with van der Waals surface area (Å²) < 4.78 is 0. The Kier molecular flexibility index (Phi) is 2.67. The van der Waals surface area contributed by atoms with E-state index in [0.29, 0.717) is 0 Å². The van der Waals surface area contributed by atoms with Crippen molar-refractivity contribution < 1.29 is 0 Å². The van der Waals surface area contributed by atoms with Crippen LogP contribution in [0.5, 0.6) is 0 Å². The van der Waals surface area contributed by atoms with Crippen LogP contribution >= 0.6 is 0 Å². The largest absolute Gasteiger partial charge is 0.0654 e. The Balaban J connectivity index is 1.99. The van der Waals surface area contributed by atoms with Gasteiger partial charge in [-0.3, -0.25) is 0 Å². The molecule has 0 radical (unpaired) electrons. The van der Waals surface area contributed by atoms with Gasteiger partial charge in [-0.2, -0.15) is 0 Å². The van der Waals surface area contributed by atoms with Crippen LogP contribution in [0.25, 0.3) is 0 Å². The lowest BCUT2D eigenvalue weighted by molar-refractivity contribution is 0.136. The van der Waals surface area contributed by atoms with Gasteiger partial charge in [0.05, 0.1) is 0 Å². The molecular formula is C13H24. The monoisotopic (exact) mass is 180 g/mol. The van der Waals surface area contributed by atoms with Crippen LogP contribution in [0, 0.1) is 17.3 Å². The first kappa shape index (κ1) is 9.55. The quantitative estimate of drug-likeness (QED) is 0.602. The van der Waals surface area contributed by atoms with E-state index < -0.39 is 0 Å². The first-order valence-corrected chi connectivity index (χ1v) is 6.30. The number of unbranched alkanes of at least 4 members (excludes halogenated alkanes) is 1. The minimum atomic E-state index is 0.804. The molecule has 0 spiro atoms. The van der Waals surface area contributed by atoms with Crippen LogP contribution in [0.15, 0.2) is 0 Å². The van der Waals surface area contributed by atoms with E-state index in [-0.39, 0.29) is 0 Å². The molecule has 2 aliphatic carbocycles. The topological polar surface area (TPSA) is 0 Å². The fourth-order valence-corrected chi connectivity index (χ4v) is 4.00. The van der Waals surface area contributed by atoms with Gasteiger partial charge in [0, 0.05) is 0 Å². The molecular weight excluding hydrogens is 156 g/mol. The van der Waals surface area contributed by atoms with Gasteiger partial charge in [-0.1, -0.05) is 39.5 Å². The van der Waals surface area contributed by atoms with Gasteiger partial charge in [0.25, 0.3) is 0 Å². The molecule has 0 aromatic rings. The van der Waals surface area contributed by atoms with Crippen LogP contribution < -0.4 is 0 Å². The molecule has 2 rings (SSSR count). The average molecular weight is 180 g/mol. The van der Waals surface area contributed by atoms with Crippen LogP contribution in [0.4, 0.5) is 0 Å². The maximum absolute atomic E-state index is 2.43. The van der Waals surface area contributed by atoms with E-state index in [9.17, 15) is 0 Å². The van der Waals surface area contributed by atoms with Gasteiger partial charge in [0.15, 0.2) is 0 Å². The van der Waals surface area contributed by atoms with Crippen molar-refractivity contribution in [1.82, 2.24) is 0 Å². The van der Waals surface area contributed by atoms with Crippen molar-refractivity contribution in [3.8, 4) is 0 Å². The second-order valence-electron chi connectivity index (χ2n) is 5.40. The summed E-state index contributed by atoms with van der Waals surface area (Å²) in [7, 11) is 0. The molecule has 0 aromatic heterocycles. The molecule has 2 fully saturated rings. The van der Waals surface area contributed by atoms with Gasteiger partial charge in [-0.25, -0.2) is 0 Å². The Bertz CT molecular complexity index is 173. The zero-order chi connectivity index (χ0) is 9.31. The fraction of sp³-hybridized carbons (Fsp3) is 1.00. The highest BCUT2D eigenvalue weighted by Crippen LogP contribution is 2.59. The van der Waals surface area contributed by atoms with Crippen molar-refractivity contribution in [2.45, 2.75) is 65.2 Å². The average Bonchev–Trinajstić information content (AvgIpc) is 2.74. The first-order valence-electron chi connectivity index (χ1n) is 6.30. The molecule has 3 unspecified atom stereocenters. The summed E-state index contributed by atoms with van der Waals surface area (Å²) in [6, 6.07) is 0. The molecule has 0 nitrogen and oxygen atoms in total. The van der Waals surface area contributed by atoms with E-state index in [0.717, 1.165) is 17.3 Å². The molecule has 76 valence electrons. The van der Waals surface area contributed by atoms with Crippen LogP contribution in [0.3, 0.4) is 0 Å². The number of hydrogen-bond acceptors (Lipinski definition) is 0. The van der Waals surface area contributed by atoms with Crippen molar-refractivity contribution >= 4 is 0 Å². The smallest absolute Gasteiger partial charge is 0.0269 e. The van der Waals surface area contributed by atoms with E-state index in [1.54, 1.807) is 25.7 Å². The summed E-state index contributed by atoms with van der Waals surface area (Å²) in [6.07, 6.45) is 12.1. The Morgan fingerprint density at radius 2 is 2.08 bits per heavy atom. The summed E-state index contributed by atoms with van der Waals surface area (Å²) in [5, 5.41) is 0. The molecule has 0 saturated heterocycles. The van der Waals surface area contributed by atoms with Crippen molar-refractivity contribution in [2.75, 3.05) is 0 Å². The van der Waals surface area contributed by atoms with E-state index in [1.165, 1.54) is 25.7 Å². The molecule has 0 aliphatic heterocycles. The second kappa shape index (κ2) is 3.63. The summed E-state index contributed by atoms with van der Waals surface area (Å²) in [5.74, 6) is 2.25. The van der Waals surface area contributed by atoms with E-state index in [1.807, 2.05) is 0 Å². The lowest BCUT2D eigenvalue weighted by Crippen LogP contribution is -2.26. The third-order valence-electron chi connectivity index (χ3n) is 4.83. The first-order chi connectivity index (χ1) is 6.30. The van der Waals surface area contributed by atoms with Crippen LogP contribution in [-0.2, 0) is 0 Å². The highest BCUT2D eigenvalue weighted by atomic mass is 14.5. The Morgan fingerprint density at radius 3 is 2.54 bits per heavy atom. The van der Waals surface area contributed by atoms with Gasteiger partial charge >= 0.3 is 0 Å². The van der Waals surface area contributed by atoms with Crippen molar-refractivity contribution in [3.63, 3.8) is 0 Å². The minimum absolute atomic E-state index is 0.804. The molecule has 2 saturated carbocycles. The van der Waals surface area contributed by atoms with Gasteiger partial charge in [0.1, 0.15) is 0 Å². The summed E-state index contributed by atoms with van der Waals surface area (Å²) in [4.78, 5) is 0. The minimum Gasteiger partial charge on any atom is -0.0654 e. The Hall–Kier alpha value is 0. The number of fused-ring (bicyclic) bond motifs is 2. The predicted octanol–water partition coefficient (Wildman–Crippen LogP) is 4.39. The third-order valence-corrected chi connectivity index (χ3v) is 4.83. The zero-order valence-corrected chi connectivity index (χ0v) is 9.31. The van der Waals surface area contributed by atoms with Crippen molar-refractivity contribution in [2.24, 2.45) is 17.3 Å².